The maximum absolute atomic E-state index is 3.61. The van der Waals surface area contributed by atoms with Gasteiger partial charge in [-0.2, -0.15) is 0 Å². The van der Waals surface area contributed by atoms with Crippen LogP contribution in [0.5, 0.6) is 0 Å². The Morgan fingerprint density at radius 1 is 1.55 bits per heavy atom. The van der Waals surface area contributed by atoms with E-state index in [9.17, 15) is 0 Å². The largest absolute Gasteiger partial charge is 0.312 e. The highest BCUT2D eigenvalue weighted by Gasteiger charge is 2.40. The third-order valence-corrected chi connectivity index (χ3v) is 3.32. The van der Waals surface area contributed by atoms with Crippen molar-refractivity contribution in [3.8, 4) is 0 Å². The molecule has 0 aromatic heterocycles. The zero-order chi connectivity index (χ0) is 7.84. The minimum Gasteiger partial charge on any atom is -0.312 e. The van der Waals surface area contributed by atoms with Crippen LogP contribution in [-0.2, 0) is 0 Å². The molecule has 0 radical (unpaired) electrons. The second-order valence-corrected chi connectivity index (χ2v) is 3.94. The van der Waals surface area contributed by atoms with Gasteiger partial charge >= 0.3 is 0 Å². The van der Waals surface area contributed by atoms with E-state index in [-0.39, 0.29) is 0 Å². The molecule has 1 N–H and O–H groups in total. The lowest BCUT2D eigenvalue weighted by atomic mass is 9.99. The zero-order valence-electron chi connectivity index (χ0n) is 7.51. The molecular weight excluding hydrogens is 136 g/mol. The minimum absolute atomic E-state index is 0.808. The van der Waals surface area contributed by atoms with Crippen LogP contribution >= 0.6 is 0 Å². The molecule has 0 aromatic carbocycles. The molecule has 3 atom stereocenters. The molecule has 11 heavy (non-hydrogen) atoms. The van der Waals surface area contributed by atoms with Crippen LogP contribution in [-0.4, -0.2) is 37.1 Å². The molecule has 2 saturated heterocycles. The van der Waals surface area contributed by atoms with Crippen LogP contribution < -0.4 is 5.32 Å². The minimum atomic E-state index is 0.808. The fraction of sp³-hybridized carbons (Fsp3) is 1.00. The molecule has 0 spiro atoms. The number of likely N-dealkylation sites (N-methyl/N-ethyl adjacent to an activating group) is 1. The van der Waals surface area contributed by atoms with E-state index < -0.39 is 0 Å². The lowest BCUT2D eigenvalue weighted by molar-refractivity contribution is 0.275. The van der Waals surface area contributed by atoms with Gasteiger partial charge in [0.05, 0.1) is 0 Å². The predicted molar refractivity (Wildman–Crippen MR) is 46.6 cm³/mol. The van der Waals surface area contributed by atoms with Crippen molar-refractivity contribution >= 4 is 0 Å². The summed E-state index contributed by atoms with van der Waals surface area (Å²) in [6, 6.07) is 1.62. The van der Waals surface area contributed by atoms with Crippen molar-refractivity contribution in [1.29, 1.82) is 0 Å². The highest BCUT2D eigenvalue weighted by atomic mass is 15.2. The van der Waals surface area contributed by atoms with Crippen LogP contribution in [0.3, 0.4) is 0 Å². The molecule has 2 aliphatic rings. The van der Waals surface area contributed by atoms with Gasteiger partial charge in [-0.15, -0.1) is 0 Å². The summed E-state index contributed by atoms with van der Waals surface area (Å²) in [6.45, 7) is 4.86. The number of rotatable bonds is 1. The van der Waals surface area contributed by atoms with Crippen molar-refractivity contribution in [2.24, 2.45) is 5.92 Å². The highest BCUT2D eigenvalue weighted by Crippen LogP contribution is 2.30. The second kappa shape index (κ2) is 2.76. The van der Waals surface area contributed by atoms with E-state index in [0.29, 0.717) is 0 Å². The van der Waals surface area contributed by atoms with Crippen LogP contribution in [0, 0.1) is 5.92 Å². The summed E-state index contributed by atoms with van der Waals surface area (Å²) in [5, 5.41) is 3.61. The summed E-state index contributed by atoms with van der Waals surface area (Å²) >= 11 is 0. The standard InChI is InChI=1S/C9H18N2/c1-3-8-9-7(4-5-10-9)6-11(8)2/h7-10H,3-6H2,1-2H3/t7-,8-,9-/m1/s1. The zero-order valence-corrected chi connectivity index (χ0v) is 7.51. The summed E-state index contributed by atoms with van der Waals surface area (Å²) in [5.41, 5.74) is 0. The monoisotopic (exact) mass is 154 g/mol. The molecule has 64 valence electrons. The quantitative estimate of drug-likeness (QED) is 0.598. The Hall–Kier alpha value is -0.0800. The van der Waals surface area contributed by atoms with E-state index in [4.69, 9.17) is 0 Å². The number of fused-ring (bicyclic) bond motifs is 1. The SMILES string of the molecule is CC[C@@H]1[C@@H]2NCC[C@@H]2CN1C. The molecular formula is C9H18N2. The van der Waals surface area contributed by atoms with Gasteiger partial charge in [0.1, 0.15) is 0 Å². The molecule has 2 aliphatic heterocycles. The smallest absolute Gasteiger partial charge is 0.0264 e. The van der Waals surface area contributed by atoms with Crippen LogP contribution in [0.2, 0.25) is 0 Å². The maximum atomic E-state index is 3.61. The first-order valence-electron chi connectivity index (χ1n) is 4.76. The Morgan fingerprint density at radius 2 is 2.36 bits per heavy atom. The number of nitrogens with one attached hydrogen (secondary N) is 1. The Morgan fingerprint density at radius 3 is 3.09 bits per heavy atom. The molecule has 2 rings (SSSR count). The first kappa shape index (κ1) is 7.56. The number of nitrogens with zero attached hydrogens (tertiary/aromatic N) is 1. The lowest BCUT2D eigenvalue weighted by Crippen LogP contribution is -2.39. The topological polar surface area (TPSA) is 15.3 Å². The van der Waals surface area contributed by atoms with Gasteiger partial charge in [0.15, 0.2) is 0 Å². The van der Waals surface area contributed by atoms with E-state index >= 15 is 0 Å². The third kappa shape index (κ3) is 1.09. The average molecular weight is 154 g/mol. The summed E-state index contributed by atoms with van der Waals surface area (Å²) in [4.78, 5) is 2.52. The van der Waals surface area contributed by atoms with E-state index in [0.717, 1.165) is 18.0 Å². The summed E-state index contributed by atoms with van der Waals surface area (Å²) < 4.78 is 0. The van der Waals surface area contributed by atoms with Gasteiger partial charge in [0.2, 0.25) is 0 Å². The van der Waals surface area contributed by atoms with Crippen LogP contribution in [0.4, 0.5) is 0 Å². The molecule has 2 heterocycles. The fourth-order valence-corrected chi connectivity index (χ4v) is 2.78. The van der Waals surface area contributed by atoms with Gasteiger partial charge in [-0.1, -0.05) is 6.92 Å². The Balaban J connectivity index is 2.07. The Bertz CT molecular complexity index is 146. The highest BCUT2D eigenvalue weighted by molar-refractivity contribution is 4.99. The van der Waals surface area contributed by atoms with E-state index in [1.807, 2.05) is 0 Å². The summed E-state index contributed by atoms with van der Waals surface area (Å²) in [6.07, 6.45) is 2.69. The van der Waals surface area contributed by atoms with E-state index in [1.165, 1.54) is 25.9 Å². The molecule has 0 bridgehead atoms. The molecule has 2 heteroatoms. The summed E-state index contributed by atoms with van der Waals surface area (Å²) in [5.74, 6) is 0.949. The van der Waals surface area contributed by atoms with Gasteiger partial charge in [-0.05, 0) is 32.4 Å². The van der Waals surface area contributed by atoms with Crippen LogP contribution in [0.1, 0.15) is 19.8 Å². The molecule has 0 unspecified atom stereocenters. The van der Waals surface area contributed by atoms with E-state index in [2.05, 4.69) is 24.2 Å². The fourth-order valence-electron chi connectivity index (χ4n) is 2.78. The maximum Gasteiger partial charge on any atom is 0.0264 e. The Labute approximate surface area is 69.0 Å². The van der Waals surface area contributed by atoms with Gasteiger partial charge in [-0.3, -0.25) is 0 Å². The second-order valence-electron chi connectivity index (χ2n) is 3.94. The molecule has 2 fully saturated rings. The van der Waals surface area contributed by atoms with Gasteiger partial charge in [0.25, 0.3) is 0 Å². The van der Waals surface area contributed by atoms with Crippen molar-refractivity contribution in [3.63, 3.8) is 0 Å². The average Bonchev–Trinajstić information content (AvgIpc) is 2.46. The normalized spacial score (nSPS) is 44.7. The molecule has 0 aliphatic carbocycles. The molecule has 0 aromatic rings. The van der Waals surface area contributed by atoms with Crippen molar-refractivity contribution in [2.45, 2.75) is 31.8 Å². The van der Waals surface area contributed by atoms with Crippen molar-refractivity contribution < 1.29 is 0 Å². The van der Waals surface area contributed by atoms with Gasteiger partial charge < -0.3 is 10.2 Å². The Kier molecular flexibility index (Phi) is 1.90. The van der Waals surface area contributed by atoms with Gasteiger partial charge in [-0.25, -0.2) is 0 Å². The molecule has 0 saturated carbocycles. The van der Waals surface area contributed by atoms with Gasteiger partial charge in [0, 0.05) is 18.6 Å². The van der Waals surface area contributed by atoms with Crippen LogP contribution in [0.15, 0.2) is 0 Å². The van der Waals surface area contributed by atoms with Crippen molar-refractivity contribution in [1.82, 2.24) is 10.2 Å². The number of hydrogen-bond acceptors (Lipinski definition) is 2. The number of likely N-dealkylation sites (tertiary alicyclic amines) is 1. The molecule has 0 amide bonds. The first-order valence-corrected chi connectivity index (χ1v) is 4.76. The third-order valence-electron chi connectivity index (χ3n) is 3.32. The summed E-state index contributed by atoms with van der Waals surface area (Å²) in [7, 11) is 2.26. The van der Waals surface area contributed by atoms with E-state index in [1.54, 1.807) is 0 Å². The van der Waals surface area contributed by atoms with Crippen molar-refractivity contribution in [3.05, 3.63) is 0 Å². The number of hydrogen-bond donors (Lipinski definition) is 1. The van der Waals surface area contributed by atoms with Crippen LogP contribution in [0.25, 0.3) is 0 Å². The first-order chi connectivity index (χ1) is 5.33. The predicted octanol–water partition coefficient (Wildman–Crippen LogP) is 0.689. The molecule has 2 nitrogen and oxygen atoms in total. The van der Waals surface area contributed by atoms with Crippen molar-refractivity contribution in [2.75, 3.05) is 20.1 Å². The lowest BCUT2D eigenvalue weighted by Gasteiger charge is -2.22.